The molecule has 0 fully saturated rings. The summed E-state index contributed by atoms with van der Waals surface area (Å²) in [5.41, 5.74) is 0. The van der Waals surface area contributed by atoms with Gasteiger partial charge in [0.25, 0.3) is 0 Å². The molecule has 0 saturated heterocycles. The monoisotopic (exact) mass is 232 g/mol. The average molecular weight is 232 g/mol. The molecule has 0 aliphatic heterocycles. The Morgan fingerprint density at radius 3 is 1.47 bits per heavy atom. The molecule has 15 heavy (non-hydrogen) atoms. The van der Waals surface area contributed by atoms with Crippen molar-refractivity contribution < 1.29 is 9.47 Å². The van der Waals surface area contributed by atoms with E-state index < -0.39 is 8.80 Å². The summed E-state index contributed by atoms with van der Waals surface area (Å²) in [5.74, 6) is 1.63. The van der Waals surface area contributed by atoms with Crippen molar-refractivity contribution in [2.45, 2.75) is 52.1 Å². The first kappa shape index (κ1) is 15.1. The van der Waals surface area contributed by atoms with Crippen LogP contribution in [0.5, 0.6) is 0 Å². The van der Waals surface area contributed by atoms with Crippen LogP contribution in [0.25, 0.3) is 0 Å². The van der Waals surface area contributed by atoms with E-state index in [2.05, 4.69) is 27.7 Å². The van der Waals surface area contributed by atoms with Gasteiger partial charge in [-0.15, -0.1) is 0 Å². The predicted molar refractivity (Wildman–Crippen MR) is 69.1 cm³/mol. The van der Waals surface area contributed by atoms with Crippen molar-refractivity contribution in [3.05, 3.63) is 0 Å². The maximum atomic E-state index is 5.31. The molecule has 0 N–H and O–H groups in total. The van der Waals surface area contributed by atoms with E-state index in [1.165, 1.54) is 12.1 Å². The highest BCUT2D eigenvalue weighted by Gasteiger charge is 2.19. The third-order valence-electron chi connectivity index (χ3n) is 2.66. The Morgan fingerprint density at radius 2 is 1.20 bits per heavy atom. The van der Waals surface area contributed by atoms with E-state index in [-0.39, 0.29) is 6.29 Å². The number of rotatable bonds is 8. The van der Waals surface area contributed by atoms with Gasteiger partial charge in [0.05, 0.1) is 0 Å². The number of ether oxygens (including phenoxy) is 2. The Balaban J connectivity index is 4.09. The van der Waals surface area contributed by atoms with Crippen LogP contribution in [0.15, 0.2) is 0 Å². The lowest BCUT2D eigenvalue weighted by Crippen LogP contribution is -2.26. The molecule has 0 bridgehead atoms. The summed E-state index contributed by atoms with van der Waals surface area (Å²) in [6, 6.07) is 3.96. The van der Waals surface area contributed by atoms with E-state index >= 15 is 0 Å². The van der Waals surface area contributed by atoms with Crippen molar-refractivity contribution >= 4 is 8.80 Å². The minimum Gasteiger partial charge on any atom is -0.356 e. The second kappa shape index (κ2) is 8.31. The molecule has 0 unspecified atom stereocenters. The summed E-state index contributed by atoms with van der Waals surface area (Å²) in [6.45, 7) is 9.26. The molecule has 0 aromatic rings. The number of hydrogen-bond acceptors (Lipinski definition) is 2. The van der Waals surface area contributed by atoms with Crippen LogP contribution in [0, 0.1) is 11.8 Å². The molecule has 3 heteroatoms. The number of hydrogen-bond donors (Lipinski definition) is 0. The summed E-state index contributed by atoms with van der Waals surface area (Å²) in [7, 11) is 2.79. The molecular formula is C12H28O2Si. The Kier molecular flexibility index (Phi) is 8.38. The first-order valence-corrected chi connectivity index (χ1v) is 8.50. The van der Waals surface area contributed by atoms with Crippen LogP contribution < -0.4 is 0 Å². The fraction of sp³-hybridized carbons (Fsp3) is 1.00. The summed E-state index contributed by atoms with van der Waals surface area (Å²) in [5, 5.41) is 0. The van der Waals surface area contributed by atoms with E-state index in [0.29, 0.717) is 0 Å². The van der Waals surface area contributed by atoms with E-state index in [0.717, 1.165) is 17.9 Å². The molecule has 0 amide bonds. The Bertz CT molecular complexity index is 135. The second-order valence-electron chi connectivity index (χ2n) is 5.26. The van der Waals surface area contributed by atoms with Crippen LogP contribution in [0.3, 0.4) is 0 Å². The van der Waals surface area contributed by atoms with Gasteiger partial charge in [-0.25, -0.2) is 0 Å². The van der Waals surface area contributed by atoms with Crippen molar-refractivity contribution in [1.29, 1.82) is 0 Å². The Hall–Kier alpha value is 0.137. The van der Waals surface area contributed by atoms with E-state index in [9.17, 15) is 0 Å². The Labute approximate surface area is 97.0 Å². The molecule has 0 radical (unpaired) electrons. The molecule has 0 aliphatic rings. The summed E-state index contributed by atoms with van der Waals surface area (Å²) >= 11 is 0. The van der Waals surface area contributed by atoms with Crippen molar-refractivity contribution in [1.82, 2.24) is 0 Å². The van der Waals surface area contributed by atoms with Gasteiger partial charge in [-0.1, -0.05) is 39.8 Å². The molecule has 0 aromatic carbocycles. The van der Waals surface area contributed by atoms with Gasteiger partial charge in [0.1, 0.15) is 0 Å². The average Bonchev–Trinajstić information content (AvgIpc) is 2.11. The van der Waals surface area contributed by atoms with Gasteiger partial charge in [0, 0.05) is 23.0 Å². The minimum absolute atomic E-state index is 0.0270. The van der Waals surface area contributed by atoms with Crippen LogP contribution in [-0.2, 0) is 9.47 Å². The molecule has 0 atom stereocenters. The molecule has 0 spiro atoms. The molecule has 0 rings (SSSR count). The fourth-order valence-corrected chi connectivity index (χ4v) is 6.36. The lowest BCUT2D eigenvalue weighted by molar-refractivity contribution is -0.0881. The molecule has 0 saturated carbocycles. The topological polar surface area (TPSA) is 18.5 Å². The lowest BCUT2D eigenvalue weighted by atomic mass is 10.3. The zero-order valence-electron chi connectivity index (χ0n) is 11.2. The highest BCUT2D eigenvalue weighted by Crippen LogP contribution is 2.20. The molecule has 0 heterocycles. The largest absolute Gasteiger partial charge is 0.356 e. The van der Waals surface area contributed by atoms with Crippen LogP contribution in [0.4, 0.5) is 0 Å². The van der Waals surface area contributed by atoms with Gasteiger partial charge < -0.3 is 9.47 Å². The third-order valence-corrected chi connectivity index (χ3v) is 6.93. The van der Waals surface area contributed by atoms with Crippen LogP contribution in [-0.4, -0.2) is 29.3 Å². The molecule has 92 valence electrons. The molecular weight excluding hydrogens is 204 g/mol. The second-order valence-corrected chi connectivity index (χ2v) is 8.41. The lowest BCUT2D eigenvalue weighted by Gasteiger charge is -2.23. The van der Waals surface area contributed by atoms with Gasteiger partial charge in [0.2, 0.25) is 0 Å². The maximum absolute atomic E-state index is 5.31. The van der Waals surface area contributed by atoms with E-state index in [4.69, 9.17) is 9.47 Å². The zero-order chi connectivity index (χ0) is 11.8. The van der Waals surface area contributed by atoms with Crippen molar-refractivity contribution in [2.75, 3.05) is 14.2 Å². The van der Waals surface area contributed by atoms with Gasteiger partial charge >= 0.3 is 0 Å². The van der Waals surface area contributed by atoms with Gasteiger partial charge in [-0.2, -0.15) is 0 Å². The summed E-state index contributed by atoms with van der Waals surface area (Å²) < 4.78 is 10.6. The van der Waals surface area contributed by atoms with Gasteiger partial charge in [-0.05, 0) is 17.9 Å². The van der Waals surface area contributed by atoms with Crippen LogP contribution in [0.2, 0.25) is 18.1 Å². The minimum atomic E-state index is -0.693. The van der Waals surface area contributed by atoms with Gasteiger partial charge in [0.15, 0.2) is 6.29 Å². The normalized spacial score (nSPS) is 12.4. The zero-order valence-corrected chi connectivity index (χ0v) is 12.4. The highest BCUT2D eigenvalue weighted by atomic mass is 28.3. The quantitative estimate of drug-likeness (QED) is 0.473. The molecule has 2 nitrogen and oxygen atoms in total. The standard InChI is InChI=1S/C12H28O2Si/c1-10(2)7-15(8-11(3)4)9-12(13-5)14-6/h10-12,15H,7-9H2,1-6H3. The molecule has 0 aromatic heterocycles. The molecule has 0 aliphatic carbocycles. The maximum Gasteiger partial charge on any atom is 0.154 e. The van der Waals surface area contributed by atoms with Crippen LogP contribution in [0.1, 0.15) is 27.7 Å². The van der Waals surface area contributed by atoms with Crippen molar-refractivity contribution in [3.8, 4) is 0 Å². The van der Waals surface area contributed by atoms with E-state index in [1.807, 2.05) is 0 Å². The van der Waals surface area contributed by atoms with Crippen molar-refractivity contribution in [3.63, 3.8) is 0 Å². The Morgan fingerprint density at radius 1 is 0.800 bits per heavy atom. The summed E-state index contributed by atoms with van der Waals surface area (Å²) in [4.78, 5) is 0. The highest BCUT2D eigenvalue weighted by molar-refractivity contribution is 6.59. The SMILES string of the molecule is COC(C[SiH](CC(C)C)CC(C)C)OC. The smallest absolute Gasteiger partial charge is 0.154 e. The first-order valence-electron chi connectivity index (χ1n) is 6.05. The number of methoxy groups -OCH3 is 2. The van der Waals surface area contributed by atoms with Crippen LogP contribution >= 0.6 is 0 Å². The third kappa shape index (κ3) is 8.00. The first-order chi connectivity index (χ1) is 6.99. The van der Waals surface area contributed by atoms with Crippen molar-refractivity contribution in [2.24, 2.45) is 11.8 Å². The summed E-state index contributed by atoms with van der Waals surface area (Å²) in [6.07, 6.45) is 0.0270. The van der Waals surface area contributed by atoms with E-state index in [1.54, 1.807) is 14.2 Å². The van der Waals surface area contributed by atoms with Gasteiger partial charge in [-0.3, -0.25) is 0 Å². The predicted octanol–water partition coefficient (Wildman–Crippen LogP) is 3.14. The fourth-order valence-electron chi connectivity index (χ4n) is 2.18.